The monoisotopic (exact) mass is 621 g/mol. The van der Waals surface area contributed by atoms with Gasteiger partial charge in [0.1, 0.15) is 18.3 Å². The predicted octanol–water partition coefficient (Wildman–Crippen LogP) is 2.60. The fourth-order valence-electron chi connectivity index (χ4n) is 8.56. The Kier molecular flexibility index (Phi) is 6.80. The summed E-state index contributed by atoms with van der Waals surface area (Å²) in [4.78, 5) is 41.0. The second kappa shape index (κ2) is 9.41. The van der Waals surface area contributed by atoms with Crippen LogP contribution in [0.15, 0.2) is 6.33 Å². The van der Waals surface area contributed by atoms with Crippen molar-refractivity contribution >= 4 is 43.8 Å². The van der Waals surface area contributed by atoms with Gasteiger partial charge < -0.3 is 39.5 Å². The molecule has 14 nitrogen and oxygen atoms in total. The van der Waals surface area contributed by atoms with E-state index in [0.717, 1.165) is 19.3 Å². The van der Waals surface area contributed by atoms with Crippen LogP contribution in [0.2, 0.25) is 5.28 Å². The SMILES string of the molecule is C[C@]12CC3CC(Nc4nc(Cl)nc5c4ncn5C4OC(COP(=O)(O)CP(=O)(O)O)C(O)C4O)(C1)C[C@@](C)(C3)C2. The van der Waals surface area contributed by atoms with Crippen LogP contribution >= 0.6 is 26.8 Å². The summed E-state index contributed by atoms with van der Waals surface area (Å²) < 4.78 is 35.1. The van der Waals surface area contributed by atoms with E-state index in [2.05, 4.69) is 34.1 Å². The van der Waals surface area contributed by atoms with Gasteiger partial charge in [-0.1, -0.05) is 13.8 Å². The Morgan fingerprint density at radius 2 is 1.77 bits per heavy atom. The number of hydrogen-bond acceptors (Lipinski definition) is 10. The largest absolute Gasteiger partial charge is 0.387 e. The molecule has 17 heteroatoms. The van der Waals surface area contributed by atoms with Crippen molar-refractivity contribution in [2.75, 3.05) is 17.8 Å². The van der Waals surface area contributed by atoms with Gasteiger partial charge >= 0.3 is 15.2 Å². The smallest absolute Gasteiger partial charge is 0.340 e. The highest BCUT2D eigenvalue weighted by Crippen LogP contribution is 2.67. The number of ether oxygens (including phenoxy) is 1. The van der Waals surface area contributed by atoms with E-state index in [-0.39, 0.29) is 27.3 Å². The summed E-state index contributed by atoms with van der Waals surface area (Å²) >= 11 is 6.35. The number of aliphatic hydroxyl groups excluding tert-OH is 2. The molecular weight excluding hydrogens is 588 g/mol. The summed E-state index contributed by atoms with van der Waals surface area (Å²) in [5, 5.41) is 25.0. The molecule has 2 aromatic rings. The molecule has 40 heavy (non-hydrogen) atoms. The first-order valence-corrected chi connectivity index (χ1v) is 17.1. The van der Waals surface area contributed by atoms with Crippen molar-refractivity contribution in [3.05, 3.63) is 11.6 Å². The molecule has 5 aliphatic rings. The Hall–Kier alpha value is -1.18. The minimum absolute atomic E-state index is 0.0366. The van der Waals surface area contributed by atoms with Gasteiger partial charge in [-0.25, -0.2) is 4.98 Å². The van der Waals surface area contributed by atoms with E-state index in [4.69, 9.17) is 30.6 Å². The zero-order chi connectivity index (χ0) is 28.9. The van der Waals surface area contributed by atoms with Crippen LogP contribution in [0.1, 0.15) is 58.6 Å². The molecular formula is C23H34ClN5O9P2. The lowest BCUT2D eigenvalue weighted by Gasteiger charge is -2.65. The van der Waals surface area contributed by atoms with Gasteiger partial charge in [0.2, 0.25) is 5.28 Å². The van der Waals surface area contributed by atoms with Crippen LogP contribution in [0.4, 0.5) is 5.82 Å². The Balaban J connectivity index is 1.25. The highest BCUT2D eigenvalue weighted by Gasteiger charge is 2.60. The Labute approximate surface area is 235 Å². The standard InChI is InChI=1S/C23H34ClN5O9P2/c1-21-3-12-4-22(2,7-21)9-23(5-12,8-21)28-17-14-18(27-20(24)26-17)29(10-25-14)19-16(31)15(30)13(38-19)6-37-40(35,36)11-39(32,33)34/h10,12-13,15-16,19,30-31H,3-9,11H2,1-2H3,(H,35,36)(H,26,27,28)(H2,32,33,34)/t12?,13?,15?,16?,19?,21-,22+,23?. The lowest BCUT2D eigenvalue weighted by atomic mass is 9.43. The third kappa shape index (κ3) is 5.37. The highest BCUT2D eigenvalue weighted by molar-refractivity contribution is 7.70. The molecule has 9 atom stereocenters. The van der Waals surface area contributed by atoms with Crippen LogP contribution in [-0.4, -0.2) is 80.8 Å². The predicted molar refractivity (Wildman–Crippen MR) is 143 cm³/mol. The van der Waals surface area contributed by atoms with E-state index in [1.54, 1.807) is 0 Å². The minimum Gasteiger partial charge on any atom is -0.387 e. The molecule has 4 bridgehead atoms. The van der Waals surface area contributed by atoms with E-state index in [9.17, 15) is 24.2 Å². The van der Waals surface area contributed by atoms with Crippen LogP contribution < -0.4 is 5.32 Å². The van der Waals surface area contributed by atoms with Gasteiger partial charge in [0, 0.05) is 5.54 Å². The van der Waals surface area contributed by atoms with E-state index in [1.165, 1.54) is 30.2 Å². The minimum atomic E-state index is -4.83. The molecule has 1 saturated heterocycles. The van der Waals surface area contributed by atoms with Crippen LogP contribution in [0.25, 0.3) is 11.2 Å². The number of rotatable bonds is 8. The number of nitrogens with one attached hydrogen (secondary N) is 1. The maximum absolute atomic E-state index is 12.0. The maximum atomic E-state index is 12.0. The second-order valence-corrected chi connectivity index (χ2v) is 17.3. The molecule has 0 aromatic carbocycles. The van der Waals surface area contributed by atoms with Gasteiger partial charge in [-0.05, 0) is 66.9 Å². The molecule has 2 aromatic heterocycles. The van der Waals surface area contributed by atoms with E-state index in [0.29, 0.717) is 17.3 Å². The quantitative estimate of drug-likeness (QED) is 0.185. The molecule has 3 heterocycles. The lowest BCUT2D eigenvalue weighted by molar-refractivity contribution is -0.0973. The first kappa shape index (κ1) is 28.9. The third-order valence-electron chi connectivity index (χ3n) is 8.82. The maximum Gasteiger partial charge on any atom is 0.340 e. The average molecular weight is 622 g/mol. The van der Waals surface area contributed by atoms with Crippen LogP contribution in [0, 0.1) is 16.7 Å². The van der Waals surface area contributed by atoms with Crippen LogP contribution in [-0.2, 0) is 18.4 Å². The molecule has 4 aliphatic carbocycles. The van der Waals surface area contributed by atoms with Crippen molar-refractivity contribution in [3.8, 4) is 0 Å². The van der Waals surface area contributed by atoms with Gasteiger partial charge in [-0.15, -0.1) is 0 Å². The number of hydrogen-bond donors (Lipinski definition) is 6. The van der Waals surface area contributed by atoms with Crippen molar-refractivity contribution in [2.24, 2.45) is 16.7 Å². The van der Waals surface area contributed by atoms with Gasteiger partial charge in [0.15, 0.2) is 29.1 Å². The summed E-state index contributed by atoms with van der Waals surface area (Å²) in [6.07, 6.45) is 2.61. The van der Waals surface area contributed by atoms with E-state index in [1.807, 2.05) is 0 Å². The molecule has 0 spiro atoms. The fraction of sp³-hybridized carbons (Fsp3) is 0.783. The number of aliphatic hydroxyl groups is 2. The van der Waals surface area contributed by atoms with Gasteiger partial charge in [-0.3, -0.25) is 13.7 Å². The van der Waals surface area contributed by atoms with Gasteiger partial charge in [-0.2, -0.15) is 9.97 Å². The molecule has 7 unspecified atom stereocenters. The van der Waals surface area contributed by atoms with Crippen molar-refractivity contribution in [1.82, 2.24) is 19.5 Å². The number of halogens is 1. The summed E-state index contributed by atoms with van der Waals surface area (Å²) in [5.74, 6) is -0.260. The number of aromatic nitrogens is 4. The Morgan fingerprint density at radius 3 is 2.40 bits per heavy atom. The number of fused-ring (bicyclic) bond motifs is 1. The lowest BCUT2D eigenvalue weighted by Crippen LogP contribution is -2.61. The second-order valence-electron chi connectivity index (χ2n) is 13.0. The molecule has 7 rings (SSSR count). The van der Waals surface area contributed by atoms with Crippen molar-refractivity contribution in [3.63, 3.8) is 0 Å². The summed E-state index contributed by atoms with van der Waals surface area (Å²) in [6, 6.07) is 0. The number of nitrogens with zero attached hydrogens (tertiary/aromatic N) is 4. The molecule has 1 aliphatic heterocycles. The molecule has 222 valence electrons. The first-order chi connectivity index (χ1) is 18.5. The molecule has 5 fully saturated rings. The van der Waals surface area contributed by atoms with Crippen LogP contribution in [0.3, 0.4) is 0 Å². The Morgan fingerprint density at radius 1 is 1.10 bits per heavy atom. The molecule has 0 radical (unpaired) electrons. The first-order valence-electron chi connectivity index (χ1n) is 13.2. The zero-order valence-electron chi connectivity index (χ0n) is 22.1. The fourth-order valence-corrected chi connectivity index (χ4v) is 11.3. The van der Waals surface area contributed by atoms with Gasteiger partial charge in [0.25, 0.3) is 0 Å². The highest BCUT2D eigenvalue weighted by atomic mass is 35.5. The summed E-state index contributed by atoms with van der Waals surface area (Å²) in [6.45, 7) is 4.05. The topological polar surface area (TPSA) is 209 Å². The van der Waals surface area contributed by atoms with Crippen molar-refractivity contribution < 1.29 is 43.3 Å². The van der Waals surface area contributed by atoms with Gasteiger partial charge in [0.05, 0.1) is 12.9 Å². The molecule has 4 saturated carbocycles. The molecule has 6 N–H and O–H groups in total. The van der Waals surface area contributed by atoms with Crippen molar-refractivity contribution in [2.45, 2.75) is 82.5 Å². The Bertz CT molecular complexity index is 1420. The molecule has 0 amide bonds. The normalized spacial score (nSPS) is 40.5. The van der Waals surface area contributed by atoms with Crippen molar-refractivity contribution in [1.29, 1.82) is 0 Å². The van der Waals surface area contributed by atoms with Crippen LogP contribution in [0.5, 0.6) is 0 Å². The zero-order valence-corrected chi connectivity index (χ0v) is 24.6. The third-order valence-corrected chi connectivity index (χ3v) is 12.4. The summed E-state index contributed by atoms with van der Waals surface area (Å²) in [7, 11) is -9.51. The van der Waals surface area contributed by atoms with E-state index >= 15 is 0 Å². The number of imidazole rings is 1. The summed E-state index contributed by atoms with van der Waals surface area (Å²) in [5.41, 5.74) is 1.05. The average Bonchev–Trinajstić information content (AvgIpc) is 3.29. The van der Waals surface area contributed by atoms with E-state index < -0.39 is 52.2 Å². The number of anilines is 1.